The van der Waals surface area contributed by atoms with Gasteiger partial charge in [0.2, 0.25) is 5.91 Å². The molecule has 0 radical (unpaired) electrons. The molecule has 6 heteroatoms. The first-order chi connectivity index (χ1) is 12.0. The minimum absolute atomic E-state index is 0.0444. The van der Waals surface area contributed by atoms with E-state index in [-0.39, 0.29) is 30.0 Å². The molecular formula is C19H22N2O3S. The zero-order chi connectivity index (χ0) is 17.7. The number of rotatable bonds is 6. The molecule has 1 N–H and O–H groups in total. The summed E-state index contributed by atoms with van der Waals surface area (Å²) < 4.78 is 23.1. The van der Waals surface area contributed by atoms with E-state index in [9.17, 15) is 13.2 Å². The second-order valence-corrected chi connectivity index (χ2v) is 8.57. The molecule has 0 aliphatic carbocycles. The maximum atomic E-state index is 12.4. The Balaban J connectivity index is 1.68. The van der Waals surface area contributed by atoms with Gasteiger partial charge in [0.25, 0.3) is 0 Å². The van der Waals surface area contributed by atoms with Gasteiger partial charge in [-0.15, -0.1) is 0 Å². The number of hydrogen-bond donors (Lipinski definition) is 1. The van der Waals surface area contributed by atoms with Crippen LogP contribution < -0.4 is 10.2 Å². The Morgan fingerprint density at radius 3 is 2.28 bits per heavy atom. The molecule has 1 saturated heterocycles. The molecule has 132 valence electrons. The topological polar surface area (TPSA) is 66.5 Å². The summed E-state index contributed by atoms with van der Waals surface area (Å²) in [6.45, 7) is 0.802. The molecule has 25 heavy (non-hydrogen) atoms. The van der Waals surface area contributed by atoms with E-state index in [1.165, 1.54) is 0 Å². The highest BCUT2D eigenvalue weighted by Crippen LogP contribution is 2.17. The fraction of sp³-hybridized carbons (Fsp3) is 0.316. The average Bonchev–Trinajstić information content (AvgIpc) is 2.94. The van der Waals surface area contributed by atoms with E-state index in [0.717, 1.165) is 11.3 Å². The molecule has 1 aliphatic rings. The van der Waals surface area contributed by atoms with E-state index in [1.54, 1.807) is 0 Å². The van der Waals surface area contributed by atoms with Crippen molar-refractivity contribution >= 4 is 21.4 Å². The van der Waals surface area contributed by atoms with Crippen molar-refractivity contribution < 1.29 is 13.2 Å². The molecule has 1 atom stereocenters. The van der Waals surface area contributed by atoms with E-state index in [4.69, 9.17) is 0 Å². The summed E-state index contributed by atoms with van der Waals surface area (Å²) in [7, 11) is -3.00. The van der Waals surface area contributed by atoms with Crippen LogP contribution in [0.25, 0.3) is 0 Å². The first-order valence-corrected chi connectivity index (χ1v) is 10.2. The van der Waals surface area contributed by atoms with Gasteiger partial charge in [0, 0.05) is 18.3 Å². The van der Waals surface area contributed by atoms with Gasteiger partial charge in [-0.05, 0) is 24.1 Å². The number of benzene rings is 2. The first kappa shape index (κ1) is 17.5. The van der Waals surface area contributed by atoms with Gasteiger partial charge in [-0.25, -0.2) is 8.42 Å². The Morgan fingerprint density at radius 1 is 1.04 bits per heavy atom. The molecule has 2 aromatic carbocycles. The minimum Gasteiger partial charge on any atom is -0.358 e. The third kappa shape index (κ3) is 5.06. The molecular weight excluding hydrogens is 336 g/mol. The van der Waals surface area contributed by atoms with Crippen molar-refractivity contribution in [3.8, 4) is 0 Å². The molecule has 3 rings (SSSR count). The maximum absolute atomic E-state index is 12.4. The molecule has 1 amide bonds. The Hall–Kier alpha value is -2.34. The molecule has 1 fully saturated rings. The molecule has 1 unspecified atom stereocenters. The van der Waals surface area contributed by atoms with Crippen molar-refractivity contribution in [3.05, 3.63) is 66.2 Å². The second-order valence-electron chi connectivity index (χ2n) is 6.34. The van der Waals surface area contributed by atoms with E-state index in [0.29, 0.717) is 13.0 Å². The third-order valence-corrected chi connectivity index (χ3v) is 6.04. The summed E-state index contributed by atoms with van der Waals surface area (Å²) in [5.41, 5.74) is 2.07. The number of nitrogens with zero attached hydrogens (tertiary/aromatic N) is 1. The molecule has 0 saturated carbocycles. The highest BCUT2D eigenvalue weighted by atomic mass is 32.2. The monoisotopic (exact) mass is 358 g/mol. The fourth-order valence-electron chi connectivity index (χ4n) is 3.04. The van der Waals surface area contributed by atoms with E-state index >= 15 is 0 Å². The molecule has 1 aliphatic heterocycles. The predicted molar refractivity (Wildman–Crippen MR) is 99.1 cm³/mol. The first-order valence-electron chi connectivity index (χ1n) is 8.35. The van der Waals surface area contributed by atoms with Crippen LogP contribution in [0.4, 0.5) is 5.69 Å². The van der Waals surface area contributed by atoms with Gasteiger partial charge in [-0.1, -0.05) is 48.5 Å². The minimum atomic E-state index is -3.00. The molecule has 0 spiro atoms. The van der Waals surface area contributed by atoms with Crippen molar-refractivity contribution in [2.45, 2.75) is 19.0 Å². The number of amides is 1. The van der Waals surface area contributed by atoms with Gasteiger partial charge < -0.3 is 10.2 Å². The quantitative estimate of drug-likeness (QED) is 0.858. The van der Waals surface area contributed by atoms with Crippen molar-refractivity contribution in [2.75, 3.05) is 23.0 Å². The predicted octanol–water partition coefficient (Wildman–Crippen LogP) is 2.00. The molecule has 2 aromatic rings. The number of para-hydroxylation sites is 1. The van der Waals surface area contributed by atoms with Gasteiger partial charge in [-0.3, -0.25) is 4.79 Å². The molecule has 1 heterocycles. The van der Waals surface area contributed by atoms with Crippen LogP contribution in [0.2, 0.25) is 0 Å². The Bertz CT molecular complexity index is 807. The van der Waals surface area contributed by atoms with Crippen LogP contribution in [-0.4, -0.2) is 38.4 Å². The number of hydrogen-bond acceptors (Lipinski definition) is 4. The number of carbonyl (C=O) groups is 1. The van der Waals surface area contributed by atoms with E-state index < -0.39 is 9.84 Å². The highest BCUT2D eigenvalue weighted by Gasteiger charge is 2.29. The number of sulfone groups is 1. The zero-order valence-corrected chi connectivity index (χ0v) is 14.8. The van der Waals surface area contributed by atoms with Crippen LogP contribution in [-0.2, 0) is 21.2 Å². The number of anilines is 1. The largest absolute Gasteiger partial charge is 0.358 e. The maximum Gasteiger partial charge on any atom is 0.239 e. The number of carbonyl (C=O) groups excluding carboxylic acids is 1. The lowest BCUT2D eigenvalue weighted by Gasteiger charge is -2.25. The molecule has 5 nitrogen and oxygen atoms in total. The summed E-state index contributed by atoms with van der Waals surface area (Å²) in [6.07, 6.45) is 0.498. The summed E-state index contributed by atoms with van der Waals surface area (Å²) in [5, 5.41) is 2.86. The van der Waals surface area contributed by atoms with Gasteiger partial charge in [0.15, 0.2) is 9.84 Å². The zero-order valence-electron chi connectivity index (χ0n) is 14.0. The van der Waals surface area contributed by atoms with Crippen LogP contribution in [0.3, 0.4) is 0 Å². The van der Waals surface area contributed by atoms with Crippen molar-refractivity contribution in [1.82, 2.24) is 5.32 Å². The third-order valence-electron chi connectivity index (χ3n) is 4.27. The van der Waals surface area contributed by atoms with Crippen molar-refractivity contribution in [3.63, 3.8) is 0 Å². The Morgan fingerprint density at radius 2 is 1.68 bits per heavy atom. The second kappa shape index (κ2) is 7.70. The number of nitrogens with one attached hydrogen (secondary N) is 1. The van der Waals surface area contributed by atoms with Gasteiger partial charge >= 0.3 is 0 Å². The molecule has 0 aromatic heterocycles. The van der Waals surface area contributed by atoms with Gasteiger partial charge in [0.05, 0.1) is 18.1 Å². The standard InChI is InChI=1S/C19H22N2O3S/c22-19(20-17-11-12-25(23,24)15-17)14-21(18-9-5-2-6-10-18)13-16-7-3-1-4-8-16/h1-10,17H,11-15H2,(H,20,22). The van der Waals surface area contributed by atoms with E-state index in [2.05, 4.69) is 5.32 Å². The highest BCUT2D eigenvalue weighted by molar-refractivity contribution is 7.91. The summed E-state index contributed by atoms with van der Waals surface area (Å²) in [5.74, 6) is 0.0505. The summed E-state index contributed by atoms with van der Waals surface area (Å²) >= 11 is 0. The van der Waals surface area contributed by atoms with Crippen LogP contribution in [0.15, 0.2) is 60.7 Å². The van der Waals surface area contributed by atoms with Crippen LogP contribution in [0, 0.1) is 0 Å². The Kier molecular flexibility index (Phi) is 5.38. The van der Waals surface area contributed by atoms with Crippen molar-refractivity contribution in [1.29, 1.82) is 0 Å². The lowest BCUT2D eigenvalue weighted by molar-refractivity contribution is -0.120. The lowest BCUT2D eigenvalue weighted by atomic mass is 10.2. The summed E-state index contributed by atoms with van der Waals surface area (Å²) in [6, 6.07) is 19.4. The van der Waals surface area contributed by atoms with Crippen molar-refractivity contribution in [2.24, 2.45) is 0 Å². The average molecular weight is 358 g/mol. The Labute approximate surface area is 148 Å². The van der Waals surface area contributed by atoms with Crippen LogP contribution >= 0.6 is 0 Å². The van der Waals surface area contributed by atoms with Gasteiger partial charge in [-0.2, -0.15) is 0 Å². The van der Waals surface area contributed by atoms with Crippen LogP contribution in [0.5, 0.6) is 0 Å². The van der Waals surface area contributed by atoms with E-state index in [1.807, 2.05) is 65.6 Å². The summed E-state index contributed by atoms with van der Waals surface area (Å²) in [4.78, 5) is 14.4. The fourth-order valence-corrected chi connectivity index (χ4v) is 4.71. The normalized spacial score (nSPS) is 18.6. The van der Waals surface area contributed by atoms with Crippen LogP contribution in [0.1, 0.15) is 12.0 Å². The lowest BCUT2D eigenvalue weighted by Crippen LogP contribution is -2.42. The van der Waals surface area contributed by atoms with Gasteiger partial charge in [0.1, 0.15) is 0 Å². The SMILES string of the molecule is O=C(CN(Cc1ccccc1)c1ccccc1)NC1CCS(=O)(=O)C1. The molecule has 0 bridgehead atoms. The smallest absolute Gasteiger partial charge is 0.239 e.